The Bertz CT molecular complexity index is 460. The number of benzene rings is 1. The number of nitrogens with zero attached hydrogens (tertiary/aromatic N) is 2. The molecule has 1 spiro atoms. The quantitative estimate of drug-likeness (QED) is 0.751. The molecule has 0 aliphatic carbocycles. The number of hydrogen-bond acceptors (Lipinski definition) is 2. The van der Waals surface area contributed by atoms with Crippen molar-refractivity contribution in [2.24, 2.45) is 5.41 Å². The van der Waals surface area contributed by atoms with Crippen molar-refractivity contribution in [1.29, 1.82) is 0 Å². The van der Waals surface area contributed by atoms with Gasteiger partial charge < -0.3 is 9.80 Å². The molecule has 0 unspecified atom stereocenters. The largest absolute Gasteiger partial charge is 0.337 e. The molecule has 1 aromatic rings. The third kappa shape index (κ3) is 1.93. The van der Waals surface area contributed by atoms with E-state index in [-0.39, 0.29) is 5.91 Å². The van der Waals surface area contributed by atoms with Gasteiger partial charge in [0.2, 0.25) is 0 Å². The van der Waals surface area contributed by atoms with Crippen LogP contribution in [-0.2, 0) is 0 Å². The molecule has 0 aromatic heterocycles. The van der Waals surface area contributed by atoms with Crippen LogP contribution in [0, 0.1) is 12.3 Å². The molecule has 2 fully saturated rings. The summed E-state index contributed by atoms with van der Waals surface area (Å²) in [6, 6.07) is 7.88. The van der Waals surface area contributed by atoms with Crippen molar-refractivity contribution >= 4 is 5.91 Å². The normalized spacial score (nSPS) is 22.2. The molecule has 96 valence electrons. The minimum Gasteiger partial charge on any atom is -0.337 e. The average Bonchev–Trinajstić information content (AvgIpc) is 2.70. The highest BCUT2D eigenvalue weighted by Crippen LogP contribution is 2.39. The number of likely N-dealkylation sites (tertiary alicyclic amines) is 2. The van der Waals surface area contributed by atoms with Crippen molar-refractivity contribution in [1.82, 2.24) is 9.80 Å². The van der Waals surface area contributed by atoms with Gasteiger partial charge in [-0.3, -0.25) is 4.79 Å². The molecule has 3 rings (SSSR count). The Morgan fingerprint density at radius 2 is 1.83 bits per heavy atom. The molecule has 18 heavy (non-hydrogen) atoms. The van der Waals surface area contributed by atoms with Crippen LogP contribution in [0.3, 0.4) is 0 Å². The summed E-state index contributed by atoms with van der Waals surface area (Å²) in [7, 11) is 2.17. The Kier molecular flexibility index (Phi) is 2.67. The topological polar surface area (TPSA) is 23.6 Å². The highest BCUT2D eigenvalue weighted by molar-refractivity contribution is 5.94. The van der Waals surface area contributed by atoms with E-state index in [2.05, 4.69) is 11.9 Å². The highest BCUT2D eigenvalue weighted by atomic mass is 16.2. The van der Waals surface area contributed by atoms with Gasteiger partial charge in [0.15, 0.2) is 0 Å². The monoisotopic (exact) mass is 244 g/mol. The lowest BCUT2D eigenvalue weighted by Crippen LogP contribution is -2.59. The van der Waals surface area contributed by atoms with E-state index in [4.69, 9.17) is 0 Å². The first-order chi connectivity index (χ1) is 8.58. The molecule has 0 bridgehead atoms. The van der Waals surface area contributed by atoms with Gasteiger partial charge in [0.25, 0.3) is 5.91 Å². The highest BCUT2D eigenvalue weighted by Gasteiger charge is 2.48. The number of amides is 1. The van der Waals surface area contributed by atoms with Gasteiger partial charge in [0.05, 0.1) is 0 Å². The van der Waals surface area contributed by atoms with Gasteiger partial charge in [-0.1, -0.05) is 17.7 Å². The molecule has 2 aliphatic rings. The molecule has 3 heteroatoms. The number of carbonyl (C=O) groups is 1. The third-order valence-electron chi connectivity index (χ3n) is 4.27. The fourth-order valence-corrected chi connectivity index (χ4v) is 3.20. The van der Waals surface area contributed by atoms with E-state index in [9.17, 15) is 4.79 Å². The number of carbonyl (C=O) groups excluding carboxylic acids is 1. The van der Waals surface area contributed by atoms with Gasteiger partial charge in [0, 0.05) is 30.6 Å². The second kappa shape index (κ2) is 4.09. The van der Waals surface area contributed by atoms with Crippen LogP contribution in [0.5, 0.6) is 0 Å². The van der Waals surface area contributed by atoms with Crippen molar-refractivity contribution in [2.45, 2.75) is 13.3 Å². The summed E-state index contributed by atoms with van der Waals surface area (Å²) in [4.78, 5) is 16.6. The van der Waals surface area contributed by atoms with Crippen LogP contribution >= 0.6 is 0 Å². The third-order valence-corrected chi connectivity index (χ3v) is 4.27. The maximum Gasteiger partial charge on any atom is 0.253 e. The standard InChI is InChI=1S/C15H20N2O/c1-12-3-5-13(6-4-12)14(18)17-10-15(11-17)7-8-16(2)9-15/h3-6H,7-11H2,1-2H3. The van der Waals surface area contributed by atoms with Crippen LogP contribution in [0.25, 0.3) is 0 Å². The molecular formula is C15H20N2O. The van der Waals surface area contributed by atoms with Gasteiger partial charge in [-0.2, -0.15) is 0 Å². The zero-order valence-electron chi connectivity index (χ0n) is 11.1. The van der Waals surface area contributed by atoms with Crippen molar-refractivity contribution in [3.8, 4) is 0 Å². The van der Waals surface area contributed by atoms with Crippen molar-refractivity contribution in [2.75, 3.05) is 33.2 Å². The molecule has 0 saturated carbocycles. The van der Waals surface area contributed by atoms with E-state index in [1.165, 1.54) is 18.5 Å². The Morgan fingerprint density at radius 1 is 1.17 bits per heavy atom. The molecule has 2 aliphatic heterocycles. The van der Waals surface area contributed by atoms with Gasteiger partial charge >= 0.3 is 0 Å². The lowest BCUT2D eigenvalue weighted by Gasteiger charge is -2.48. The predicted octanol–water partition coefficient (Wildman–Crippen LogP) is 1.77. The van der Waals surface area contributed by atoms with Crippen LogP contribution in [0.1, 0.15) is 22.3 Å². The van der Waals surface area contributed by atoms with Crippen LogP contribution in [0.2, 0.25) is 0 Å². The fraction of sp³-hybridized carbons (Fsp3) is 0.533. The summed E-state index contributed by atoms with van der Waals surface area (Å²) in [5.41, 5.74) is 2.42. The molecule has 1 amide bonds. The maximum atomic E-state index is 12.3. The predicted molar refractivity (Wildman–Crippen MR) is 71.6 cm³/mol. The SMILES string of the molecule is Cc1ccc(C(=O)N2CC3(CCN(C)C3)C2)cc1. The average molecular weight is 244 g/mol. The molecular weight excluding hydrogens is 224 g/mol. The van der Waals surface area contributed by atoms with E-state index >= 15 is 0 Å². The van der Waals surface area contributed by atoms with Crippen LogP contribution in [-0.4, -0.2) is 48.9 Å². The van der Waals surface area contributed by atoms with Gasteiger partial charge in [-0.25, -0.2) is 0 Å². The molecule has 0 radical (unpaired) electrons. The van der Waals surface area contributed by atoms with Crippen LogP contribution in [0.4, 0.5) is 0 Å². The van der Waals surface area contributed by atoms with E-state index < -0.39 is 0 Å². The van der Waals surface area contributed by atoms with Crippen molar-refractivity contribution in [3.63, 3.8) is 0 Å². The second-order valence-corrected chi connectivity index (χ2v) is 6.02. The van der Waals surface area contributed by atoms with Crippen LogP contribution in [0.15, 0.2) is 24.3 Å². The lowest BCUT2D eigenvalue weighted by molar-refractivity contribution is 0.0118. The van der Waals surface area contributed by atoms with Gasteiger partial charge in [0.1, 0.15) is 0 Å². The minimum absolute atomic E-state index is 0.190. The van der Waals surface area contributed by atoms with E-state index in [1.807, 2.05) is 36.1 Å². The number of hydrogen-bond donors (Lipinski definition) is 0. The smallest absolute Gasteiger partial charge is 0.253 e. The molecule has 3 nitrogen and oxygen atoms in total. The van der Waals surface area contributed by atoms with E-state index in [0.29, 0.717) is 5.41 Å². The summed E-state index contributed by atoms with van der Waals surface area (Å²) in [5, 5.41) is 0. The zero-order valence-corrected chi connectivity index (χ0v) is 11.1. The molecule has 1 aromatic carbocycles. The van der Waals surface area contributed by atoms with E-state index in [0.717, 1.165) is 25.2 Å². The van der Waals surface area contributed by atoms with Gasteiger partial charge in [-0.15, -0.1) is 0 Å². The Balaban J connectivity index is 1.65. The first kappa shape index (κ1) is 11.7. The summed E-state index contributed by atoms with van der Waals surface area (Å²) in [5.74, 6) is 0.190. The molecule has 0 atom stereocenters. The van der Waals surface area contributed by atoms with Gasteiger partial charge in [-0.05, 0) is 39.1 Å². The van der Waals surface area contributed by atoms with E-state index in [1.54, 1.807) is 0 Å². The van der Waals surface area contributed by atoms with Crippen molar-refractivity contribution < 1.29 is 4.79 Å². The second-order valence-electron chi connectivity index (χ2n) is 6.02. The zero-order chi connectivity index (χ0) is 12.8. The summed E-state index contributed by atoms with van der Waals surface area (Å²) >= 11 is 0. The minimum atomic E-state index is 0.190. The Hall–Kier alpha value is -1.35. The maximum absolute atomic E-state index is 12.3. The Labute approximate surface area is 108 Å². The fourth-order valence-electron chi connectivity index (χ4n) is 3.20. The first-order valence-electron chi connectivity index (χ1n) is 6.63. The summed E-state index contributed by atoms with van der Waals surface area (Å²) < 4.78 is 0. The summed E-state index contributed by atoms with van der Waals surface area (Å²) in [6.07, 6.45) is 1.24. The van der Waals surface area contributed by atoms with Crippen molar-refractivity contribution in [3.05, 3.63) is 35.4 Å². The number of rotatable bonds is 1. The lowest BCUT2D eigenvalue weighted by atomic mass is 9.78. The molecule has 2 heterocycles. The summed E-state index contributed by atoms with van der Waals surface area (Å²) in [6.45, 7) is 6.23. The molecule has 2 saturated heterocycles. The Morgan fingerprint density at radius 3 is 2.39 bits per heavy atom. The first-order valence-corrected chi connectivity index (χ1v) is 6.63. The number of aryl methyl sites for hydroxylation is 1. The molecule has 0 N–H and O–H groups in total. The van der Waals surface area contributed by atoms with Crippen LogP contribution < -0.4 is 0 Å².